The second-order valence-corrected chi connectivity index (χ2v) is 9.03. The van der Waals surface area contributed by atoms with Crippen molar-refractivity contribution in [3.63, 3.8) is 0 Å². The number of rotatable bonds is 5. The van der Waals surface area contributed by atoms with Crippen LogP contribution >= 0.6 is 0 Å². The summed E-state index contributed by atoms with van der Waals surface area (Å²) in [4.78, 5) is 32.9. The fourth-order valence-corrected chi connectivity index (χ4v) is 3.50. The lowest BCUT2D eigenvalue weighted by molar-refractivity contribution is -0.134. The fraction of sp³-hybridized carbons (Fsp3) is 0.375. The smallest absolute Gasteiger partial charge is 0.277 e. The lowest BCUT2D eigenvalue weighted by atomic mass is 9.91. The summed E-state index contributed by atoms with van der Waals surface area (Å²) in [6.45, 7) is 8.27. The van der Waals surface area contributed by atoms with Gasteiger partial charge < -0.3 is 10.6 Å². The van der Waals surface area contributed by atoms with E-state index in [2.05, 4.69) is 25.8 Å². The number of ketones is 1. The molecule has 0 spiro atoms. The molecule has 1 amide bonds. The topological polar surface area (TPSA) is 102 Å². The molecule has 1 aliphatic heterocycles. The van der Waals surface area contributed by atoms with Gasteiger partial charge in [-0.3, -0.25) is 15.3 Å². The van der Waals surface area contributed by atoms with Gasteiger partial charge in [0.15, 0.2) is 0 Å². The third-order valence-corrected chi connectivity index (χ3v) is 5.23. The van der Waals surface area contributed by atoms with Crippen molar-refractivity contribution in [3.8, 4) is 0 Å². The number of fused-ring (bicyclic) bond motifs is 1. The molecule has 4 N–H and O–H groups in total. The number of anilines is 1. The first kappa shape index (κ1) is 21.9. The highest BCUT2D eigenvalue weighted by Crippen LogP contribution is 2.32. The van der Waals surface area contributed by atoms with Gasteiger partial charge in [-0.15, -0.1) is 0 Å². The molecule has 1 heterocycles. The summed E-state index contributed by atoms with van der Waals surface area (Å²) in [5.74, 6) is -1.15. The van der Waals surface area contributed by atoms with Crippen molar-refractivity contribution < 1.29 is 9.59 Å². The summed E-state index contributed by atoms with van der Waals surface area (Å²) < 4.78 is 0. The highest BCUT2D eigenvalue weighted by molar-refractivity contribution is 6.26. The molecule has 2 aromatic rings. The minimum absolute atomic E-state index is 0.00687. The van der Waals surface area contributed by atoms with Crippen molar-refractivity contribution in [3.05, 3.63) is 65.7 Å². The van der Waals surface area contributed by atoms with E-state index in [9.17, 15) is 9.59 Å². The van der Waals surface area contributed by atoms with Crippen LogP contribution in [0.2, 0.25) is 0 Å². The Bertz CT molecular complexity index is 976. The second kappa shape index (κ2) is 8.13. The summed E-state index contributed by atoms with van der Waals surface area (Å²) in [6.07, 6.45) is 0.732. The van der Waals surface area contributed by atoms with Crippen LogP contribution in [0.4, 0.5) is 5.69 Å². The SMILES string of the molecule is C[C@H](N)C(=O)C1(N)N=C(c2ccccc2)c2ccccc2N(CCC(C)(C)C)C1=O. The summed E-state index contributed by atoms with van der Waals surface area (Å²) in [7, 11) is 0. The first-order chi connectivity index (χ1) is 14.0. The maximum absolute atomic E-state index is 13.7. The van der Waals surface area contributed by atoms with Gasteiger partial charge >= 0.3 is 0 Å². The van der Waals surface area contributed by atoms with Crippen molar-refractivity contribution >= 4 is 23.1 Å². The van der Waals surface area contributed by atoms with Crippen LogP contribution < -0.4 is 16.4 Å². The van der Waals surface area contributed by atoms with E-state index in [1.807, 2.05) is 54.6 Å². The molecule has 0 aliphatic carbocycles. The second-order valence-electron chi connectivity index (χ2n) is 9.03. The number of hydrogen-bond acceptors (Lipinski definition) is 5. The van der Waals surface area contributed by atoms with Gasteiger partial charge in [0.2, 0.25) is 11.4 Å². The maximum atomic E-state index is 13.7. The molecule has 1 aliphatic rings. The van der Waals surface area contributed by atoms with E-state index in [1.165, 1.54) is 6.92 Å². The van der Waals surface area contributed by atoms with Gasteiger partial charge in [0.05, 0.1) is 17.4 Å². The number of nitrogens with zero attached hydrogens (tertiary/aromatic N) is 2. The molecule has 6 heteroatoms. The summed E-state index contributed by atoms with van der Waals surface area (Å²) in [5, 5.41) is 0. The zero-order valence-corrected chi connectivity index (χ0v) is 18.1. The number of hydrogen-bond donors (Lipinski definition) is 2. The Hall–Kier alpha value is -2.83. The Morgan fingerprint density at radius 1 is 1.10 bits per heavy atom. The minimum atomic E-state index is -2.09. The number of amides is 1. The van der Waals surface area contributed by atoms with Crippen LogP contribution in [0.25, 0.3) is 0 Å². The third-order valence-electron chi connectivity index (χ3n) is 5.23. The van der Waals surface area contributed by atoms with Gasteiger partial charge in [-0.05, 0) is 24.8 Å². The Labute approximate surface area is 178 Å². The minimum Gasteiger partial charge on any atom is -0.322 e. The van der Waals surface area contributed by atoms with E-state index in [0.29, 0.717) is 17.9 Å². The molecule has 1 unspecified atom stereocenters. The van der Waals surface area contributed by atoms with E-state index in [-0.39, 0.29) is 5.41 Å². The lowest BCUT2D eigenvalue weighted by Crippen LogP contribution is -2.63. The van der Waals surface area contributed by atoms with Crippen molar-refractivity contribution in [1.29, 1.82) is 0 Å². The van der Waals surface area contributed by atoms with Crippen LogP contribution in [0, 0.1) is 5.41 Å². The predicted octanol–water partition coefficient (Wildman–Crippen LogP) is 2.88. The van der Waals surface area contributed by atoms with Gasteiger partial charge in [0.1, 0.15) is 0 Å². The molecule has 3 rings (SSSR count). The molecule has 0 saturated carbocycles. The Balaban J connectivity index is 2.26. The van der Waals surface area contributed by atoms with E-state index in [1.54, 1.807) is 4.90 Å². The highest BCUT2D eigenvalue weighted by atomic mass is 16.2. The quantitative estimate of drug-likeness (QED) is 0.746. The molecular weight excluding hydrogens is 376 g/mol. The molecular formula is C24H30N4O2. The van der Waals surface area contributed by atoms with Crippen LogP contribution in [-0.4, -0.2) is 35.7 Å². The van der Waals surface area contributed by atoms with Gasteiger partial charge in [-0.1, -0.05) is 69.3 Å². The van der Waals surface area contributed by atoms with Crippen LogP contribution in [-0.2, 0) is 9.59 Å². The zero-order valence-electron chi connectivity index (χ0n) is 18.1. The first-order valence-electron chi connectivity index (χ1n) is 10.2. The van der Waals surface area contributed by atoms with Crippen molar-refractivity contribution in [1.82, 2.24) is 0 Å². The first-order valence-corrected chi connectivity index (χ1v) is 10.2. The highest BCUT2D eigenvalue weighted by Gasteiger charge is 2.48. The molecule has 0 radical (unpaired) electrons. The predicted molar refractivity (Wildman–Crippen MR) is 121 cm³/mol. The number of carbonyl (C=O) groups is 2. The number of para-hydroxylation sites is 1. The standard InChI is InChI=1S/C24H30N4O2/c1-16(25)21(29)24(26)22(30)28(15-14-23(2,3)4)19-13-9-8-12-18(19)20(27-24)17-10-6-5-7-11-17/h5-13,16H,14-15,25-26H2,1-4H3/t16-,24?/m0/s1. The van der Waals surface area contributed by atoms with E-state index < -0.39 is 23.4 Å². The van der Waals surface area contributed by atoms with Crippen LogP contribution in [0.3, 0.4) is 0 Å². The number of benzodiazepines with no additional fused rings is 1. The third kappa shape index (κ3) is 4.20. The summed E-state index contributed by atoms with van der Waals surface area (Å²) >= 11 is 0. The largest absolute Gasteiger partial charge is 0.322 e. The van der Waals surface area contributed by atoms with Crippen LogP contribution in [0.1, 0.15) is 45.2 Å². The Morgan fingerprint density at radius 2 is 1.70 bits per heavy atom. The molecule has 0 aromatic heterocycles. The molecule has 0 bridgehead atoms. The maximum Gasteiger partial charge on any atom is 0.277 e. The molecule has 158 valence electrons. The van der Waals surface area contributed by atoms with Crippen LogP contribution in [0.5, 0.6) is 0 Å². The van der Waals surface area contributed by atoms with E-state index in [0.717, 1.165) is 17.5 Å². The number of Topliss-reactive ketones (excluding diaryl/α,β-unsaturated/α-hetero) is 1. The van der Waals surface area contributed by atoms with Crippen molar-refractivity contribution in [2.45, 2.75) is 45.8 Å². The number of carbonyl (C=O) groups excluding carboxylic acids is 2. The monoisotopic (exact) mass is 406 g/mol. The molecule has 6 nitrogen and oxygen atoms in total. The van der Waals surface area contributed by atoms with E-state index in [4.69, 9.17) is 11.5 Å². The van der Waals surface area contributed by atoms with E-state index >= 15 is 0 Å². The summed E-state index contributed by atoms with van der Waals surface area (Å²) in [5.41, 5.74) is 13.0. The molecule has 30 heavy (non-hydrogen) atoms. The zero-order chi connectivity index (χ0) is 22.1. The Morgan fingerprint density at radius 3 is 2.30 bits per heavy atom. The fourth-order valence-electron chi connectivity index (χ4n) is 3.50. The summed E-state index contributed by atoms with van der Waals surface area (Å²) in [6, 6.07) is 16.1. The van der Waals surface area contributed by atoms with Crippen LogP contribution in [0.15, 0.2) is 59.6 Å². The van der Waals surface area contributed by atoms with Gasteiger partial charge in [-0.25, -0.2) is 4.99 Å². The number of benzene rings is 2. The molecule has 2 atom stereocenters. The van der Waals surface area contributed by atoms with Gasteiger partial charge in [0, 0.05) is 17.7 Å². The average Bonchev–Trinajstić information content (AvgIpc) is 2.80. The van der Waals surface area contributed by atoms with Crippen molar-refractivity contribution in [2.75, 3.05) is 11.4 Å². The molecule has 0 fully saturated rings. The average molecular weight is 407 g/mol. The Kier molecular flexibility index (Phi) is 5.92. The van der Waals surface area contributed by atoms with Gasteiger partial charge in [-0.2, -0.15) is 0 Å². The number of nitrogens with two attached hydrogens (primary N) is 2. The molecule has 2 aromatic carbocycles. The normalized spacial score (nSPS) is 20.3. The lowest BCUT2D eigenvalue weighted by Gasteiger charge is -2.32. The molecule has 0 saturated heterocycles. The van der Waals surface area contributed by atoms with Crippen molar-refractivity contribution in [2.24, 2.45) is 21.9 Å². The number of aliphatic imine (C=N–C) groups is 1. The van der Waals surface area contributed by atoms with Gasteiger partial charge in [0.25, 0.3) is 5.91 Å².